The summed E-state index contributed by atoms with van der Waals surface area (Å²) in [4.78, 5) is 38.6. The van der Waals surface area contributed by atoms with Crippen molar-refractivity contribution in [2.75, 3.05) is 18.3 Å². The fourth-order valence-corrected chi connectivity index (χ4v) is 3.93. The van der Waals surface area contributed by atoms with E-state index in [2.05, 4.69) is 0 Å². The Morgan fingerprint density at radius 3 is 2.29 bits per heavy atom. The highest BCUT2D eigenvalue weighted by Gasteiger charge is 2.38. The zero-order valence-corrected chi connectivity index (χ0v) is 18.0. The molecule has 0 radical (unpaired) electrons. The number of ether oxygens (including phenoxy) is 1. The average Bonchev–Trinajstić information content (AvgIpc) is 2.81. The minimum absolute atomic E-state index is 0.188. The second-order valence-electron chi connectivity index (χ2n) is 6.82. The van der Waals surface area contributed by atoms with Crippen molar-refractivity contribution >= 4 is 40.1 Å². The fourth-order valence-electron chi connectivity index (χ4n) is 3.39. The number of hydrogen-bond donors (Lipinski definition) is 0. The minimum Gasteiger partial charge on any atom is -0.467 e. The maximum Gasteiger partial charge on any atom is 0.329 e. The Balaban J connectivity index is 2.14. The first-order valence-corrected chi connectivity index (χ1v) is 10.9. The van der Waals surface area contributed by atoms with Crippen molar-refractivity contribution in [2.24, 2.45) is 0 Å². The third kappa shape index (κ3) is 5.03. The Morgan fingerprint density at radius 2 is 1.68 bits per heavy atom. The highest BCUT2D eigenvalue weighted by molar-refractivity contribution is 7.99. The van der Waals surface area contributed by atoms with Crippen LogP contribution in [0.15, 0.2) is 72.8 Å². The summed E-state index contributed by atoms with van der Waals surface area (Å²) in [6, 6.07) is 20.4. The van der Waals surface area contributed by atoms with Crippen molar-refractivity contribution in [2.45, 2.75) is 17.8 Å². The van der Waals surface area contributed by atoms with Crippen LogP contribution < -0.4 is 4.90 Å². The number of carbonyl (C=O) groups excluding carboxylic acids is 2. The van der Waals surface area contributed by atoms with E-state index in [1.54, 1.807) is 48.7 Å². The number of carbonyl (C=O) groups is 2. The van der Waals surface area contributed by atoms with Gasteiger partial charge in [0, 0.05) is 16.2 Å². The van der Waals surface area contributed by atoms with Crippen LogP contribution in [-0.2, 0) is 9.53 Å². The summed E-state index contributed by atoms with van der Waals surface area (Å²) in [6.45, 7) is 0. The molecule has 0 aliphatic carbocycles. The number of nitrogens with zero attached hydrogens (tertiary/aromatic N) is 2. The molecule has 7 nitrogen and oxygen atoms in total. The molecular formula is C23H22N2O5S. The Labute approximate surface area is 184 Å². The third-order valence-corrected chi connectivity index (χ3v) is 5.88. The van der Waals surface area contributed by atoms with Gasteiger partial charge in [-0.15, -0.1) is 0 Å². The molecule has 8 heteroatoms. The molecule has 0 fully saturated rings. The largest absolute Gasteiger partial charge is 0.467 e. The van der Waals surface area contributed by atoms with E-state index in [-0.39, 0.29) is 6.42 Å². The van der Waals surface area contributed by atoms with Crippen molar-refractivity contribution in [3.8, 4) is 0 Å². The van der Waals surface area contributed by atoms with Crippen LogP contribution in [0.5, 0.6) is 0 Å². The SMILES string of the molecule is COC(=O)C(C[C@H](SC)[N+](=O)[O-])N(C(=O)c1ccccc1)c1ccc2ccccc2c1. The molecule has 160 valence electrons. The van der Waals surface area contributed by atoms with E-state index in [1.165, 1.54) is 12.0 Å². The van der Waals surface area contributed by atoms with E-state index >= 15 is 0 Å². The summed E-state index contributed by atoms with van der Waals surface area (Å²) < 4.78 is 4.95. The Morgan fingerprint density at radius 1 is 1.03 bits per heavy atom. The van der Waals surface area contributed by atoms with E-state index in [4.69, 9.17) is 4.74 Å². The Kier molecular flexibility index (Phi) is 7.25. The molecule has 1 amide bonds. The van der Waals surface area contributed by atoms with Gasteiger partial charge in [0.05, 0.1) is 13.5 Å². The maximum absolute atomic E-state index is 13.5. The first-order chi connectivity index (χ1) is 15.0. The molecule has 3 aromatic rings. The monoisotopic (exact) mass is 438 g/mol. The second-order valence-corrected chi connectivity index (χ2v) is 7.84. The number of rotatable bonds is 8. The summed E-state index contributed by atoms with van der Waals surface area (Å²) in [5.74, 6) is -1.15. The third-order valence-electron chi connectivity index (χ3n) is 4.97. The molecule has 3 rings (SSSR count). The van der Waals surface area contributed by atoms with Crippen LogP contribution in [-0.4, -0.2) is 41.6 Å². The summed E-state index contributed by atoms with van der Waals surface area (Å²) in [7, 11) is 1.21. The van der Waals surface area contributed by atoms with Gasteiger partial charge in [0.1, 0.15) is 6.04 Å². The lowest BCUT2D eigenvalue weighted by Crippen LogP contribution is -2.48. The zero-order chi connectivity index (χ0) is 22.4. The van der Waals surface area contributed by atoms with Crippen molar-refractivity contribution in [1.82, 2.24) is 0 Å². The number of esters is 1. The van der Waals surface area contributed by atoms with E-state index in [9.17, 15) is 19.7 Å². The van der Waals surface area contributed by atoms with Gasteiger partial charge < -0.3 is 4.74 Å². The number of benzene rings is 3. The maximum atomic E-state index is 13.5. The van der Waals surface area contributed by atoms with E-state index < -0.39 is 28.2 Å². The van der Waals surface area contributed by atoms with Gasteiger partial charge in [-0.3, -0.25) is 19.8 Å². The van der Waals surface area contributed by atoms with Gasteiger partial charge in [-0.1, -0.05) is 60.3 Å². The van der Waals surface area contributed by atoms with E-state index in [1.807, 2.05) is 30.3 Å². The number of hydrogen-bond acceptors (Lipinski definition) is 6. The summed E-state index contributed by atoms with van der Waals surface area (Å²) in [5.41, 5.74) is 0.831. The van der Waals surface area contributed by atoms with Gasteiger partial charge in [-0.05, 0) is 41.3 Å². The number of fused-ring (bicyclic) bond motifs is 1. The number of nitro groups is 1. The second kappa shape index (κ2) is 10.1. The molecule has 0 N–H and O–H groups in total. The van der Waals surface area contributed by atoms with Crippen LogP contribution >= 0.6 is 11.8 Å². The first kappa shape index (κ1) is 22.3. The van der Waals surface area contributed by atoms with Crippen LogP contribution in [0.1, 0.15) is 16.8 Å². The zero-order valence-electron chi connectivity index (χ0n) is 17.1. The number of anilines is 1. The topological polar surface area (TPSA) is 89.8 Å². The standard InChI is InChI=1S/C23H22N2O5S/c1-30-23(27)20(15-21(31-2)25(28)29)24(22(26)17-9-4-3-5-10-17)19-13-12-16-8-6-7-11-18(16)14-19/h3-14,20-21H,15H2,1-2H3/t20?,21-/m0/s1. The molecule has 0 heterocycles. The molecule has 0 saturated heterocycles. The molecule has 0 bridgehead atoms. The van der Waals surface area contributed by atoms with Crippen molar-refractivity contribution in [3.05, 3.63) is 88.5 Å². The molecule has 0 saturated carbocycles. The predicted octanol–water partition coefficient (Wildman–Crippen LogP) is 4.38. The quantitative estimate of drug-likeness (QED) is 0.224. The normalized spacial score (nSPS) is 12.7. The average molecular weight is 439 g/mol. The van der Waals surface area contributed by atoms with Gasteiger partial charge in [0.25, 0.3) is 11.3 Å². The summed E-state index contributed by atoms with van der Waals surface area (Å²) in [5, 5.41) is 12.3. The minimum atomic E-state index is -1.17. The van der Waals surface area contributed by atoms with Gasteiger partial charge >= 0.3 is 5.97 Å². The molecule has 0 aromatic heterocycles. The van der Waals surface area contributed by atoms with Crippen LogP contribution in [0.3, 0.4) is 0 Å². The van der Waals surface area contributed by atoms with Crippen molar-refractivity contribution < 1.29 is 19.2 Å². The van der Waals surface area contributed by atoms with E-state index in [0.717, 1.165) is 22.5 Å². The molecule has 31 heavy (non-hydrogen) atoms. The molecule has 0 aliphatic heterocycles. The Hall–Kier alpha value is -3.39. The molecule has 0 spiro atoms. The van der Waals surface area contributed by atoms with Crippen LogP contribution in [0.25, 0.3) is 10.8 Å². The van der Waals surface area contributed by atoms with Gasteiger partial charge in [0.15, 0.2) is 0 Å². The number of methoxy groups -OCH3 is 1. The van der Waals surface area contributed by atoms with E-state index in [0.29, 0.717) is 11.3 Å². The fraction of sp³-hybridized carbons (Fsp3) is 0.217. The molecule has 1 unspecified atom stereocenters. The number of amides is 1. The lowest BCUT2D eigenvalue weighted by molar-refractivity contribution is -0.496. The van der Waals surface area contributed by atoms with Crippen molar-refractivity contribution in [3.63, 3.8) is 0 Å². The number of thioether (sulfide) groups is 1. The van der Waals surface area contributed by atoms with Crippen LogP contribution in [0, 0.1) is 10.1 Å². The molecule has 3 aromatic carbocycles. The highest BCUT2D eigenvalue weighted by atomic mass is 32.2. The van der Waals surface area contributed by atoms with Crippen LogP contribution in [0.4, 0.5) is 5.69 Å². The van der Waals surface area contributed by atoms with Gasteiger partial charge in [0.2, 0.25) is 0 Å². The molecule has 0 aliphatic rings. The van der Waals surface area contributed by atoms with Crippen molar-refractivity contribution in [1.29, 1.82) is 0 Å². The molecule has 2 atom stereocenters. The van der Waals surface area contributed by atoms with Gasteiger partial charge in [-0.2, -0.15) is 0 Å². The highest BCUT2D eigenvalue weighted by Crippen LogP contribution is 2.29. The first-order valence-electron chi connectivity index (χ1n) is 9.57. The summed E-state index contributed by atoms with van der Waals surface area (Å²) in [6.07, 6.45) is 1.41. The lowest BCUT2D eigenvalue weighted by Gasteiger charge is -2.30. The van der Waals surface area contributed by atoms with Crippen LogP contribution in [0.2, 0.25) is 0 Å². The summed E-state index contributed by atoms with van der Waals surface area (Å²) >= 11 is 1.01. The lowest BCUT2D eigenvalue weighted by atomic mass is 10.0. The predicted molar refractivity (Wildman–Crippen MR) is 122 cm³/mol. The molecular weight excluding hydrogens is 416 g/mol. The smallest absolute Gasteiger partial charge is 0.329 e. The van der Waals surface area contributed by atoms with Gasteiger partial charge in [-0.25, -0.2) is 4.79 Å². The Bertz CT molecular complexity index is 1090.